The number of carbonyl (C=O) groups is 1. The number of rotatable bonds is 5. The van der Waals surface area contributed by atoms with Gasteiger partial charge in [0.25, 0.3) is 0 Å². The molecule has 2 aromatic rings. The average molecular weight is 296 g/mol. The molecule has 1 N–H and O–H groups in total. The number of aromatic carboxylic acids is 1. The quantitative estimate of drug-likeness (QED) is 0.922. The van der Waals surface area contributed by atoms with E-state index in [1.807, 2.05) is 24.5 Å². The summed E-state index contributed by atoms with van der Waals surface area (Å²) in [6, 6.07) is 11.4. The Hall–Kier alpha value is -2.20. The second-order valence-electron chi connectivity index (χ2n) is 5.95. The molecule has 0 saturated carbocycles. The number of carboxylic acids is 1. The third kappa shape index (κ3) is 3.71. The zero-order valence-corrected chi connectivity index (χ0v) is 12.5. The molecule has 4 heteroatoms. The molecule has 4 nitrogen and oxygen atoms in total. The van der Waals surface area contributed by atoms with E-state index in [9.17, 15) is 4.79 Å². The SMILES string of the molecule is O=C(O)c1ccc(C[C@@H]2CCN(Cc3ccncc3)C2)cc1. The van der Waals surface area contributed by atoms with Gasteiger partial charge in [0.15, 0.2) is 0 Å². The molecule has 0 spiro atoms. The van der Waals surface area contributed by atoms with Crippen LogP contribution < -0.4 is 0 Å². The van der Waals surface area contributed by atoms with Crippen molar-refractivity contribution in [3.05, 3.63) is 65.5 Å². The minimum atomic E-state index is -0.865. The predicted octanol–water partition coefficient (Wildman–Crippen LogP) is 2.84. The fourth-order valence-electron chi connectivity index (χ4n) is 3.09. The fourth-order valence-corrected chi connectivity index (χ4v) is 3.09. The lowest BCUT2D eigenvalue weighted by Crippen LogP contribution is -2.20. The maximum atomic E-state index is 10.9. The van der Waals surface area contributed by atoms with E-state index >= 15 is 0 Å². The summed E-state index contributed by atoms with van der Waals surface area (Å²) in [7, 11) is 0. The predicted molar refractivity (Wildman–Crippen MR) is 84.7 cm³/mol. The molecule has 1 aliphatic heterocycles. The van der Waals surface area contributed by atoms with Crippen molar-refractivity contribution in [2.24, 2.45) is 5.92 Å². The Morgan fingerprint density at radius 3 is 2.55 bits per heavy atom. The molecule has 1 fully saturated rings. The summed E-state index contributed by atoms with van der Waals surface area (Å²) in [6.07, 6.45) is 5.90. The van der Waals surface area contributed by atoms with Gasteiger partial charge in [-0.1, -0.05) is 12.1 Å². The van der Waals surface area contributed by atoms with Gasteiger partial charge in [-0.3, -0.25) is 9.88 Å². The molecule has 1 aromatic carbocycles. The molecular weight excluding hydrogens is 276 g/mol. The molecule has 0 aliphatic carbocycles. The molecule has 1 aromatic heterocycles. The first-order valence-corrected chi connectivity index (χ1v) is 7.64. The fraction of sp³-hybridized carbons (Fsp3) is 0.333. The summed E-state index contributed by atoms with van der Waals surface area (Å²) in [6.45, 7) is 3.21. The van der Waals surface area contributed by atoms with Crippen molar-refractivity contribution in [2.75, 3.05) is 13.1 Å². The Balaban J connectivity index is 1.53. The van der Waals surface area contributed by atoms with E-state index < -0.39 is 5.97 Å². The van der Waals surface area contributed by atoms with Crippen molar-refractivity contribution in [3.63, 3.8) is 0 Å². The second-order valence-corrected chi connectivity index (χ2v) is 5.95. The number of likely N-dealkylation sites (tertiary alicyclic amines) is 1. The molecule has 1 aliphatic rings. The molecule has 0 amide bonds. The Bertz CT molecular complexity index is 625. The minimum absolute atomic E-state index is 0.356. The molecule has 22 heavy (non-hydrogen) atoms. The summed E-state index contributed by atoms with van der Waals surface area (Å²) in [4.78, 5) is 17.4. The first-order valence-electron chi connectivity index (χ1n) is 7.64. The topological polar surface area (TPSA) is 53.4 Å². The third-order valence-corrected chi connectivity index (χ3v) is 4.25. The number of hydrogen-bond donors (Lipinski definition) is 1. The number of nitrogens with zero attached hydrogens (tertiary/aromatic N) is 2. The van der Waals surface area contributed by atoms with Crippen LogP contribution in [0.15, 0.2) is 48.8 Å². The lowest BCUT2D eigenvalue weighted by atomic mass is 9.98. The molecule has 3 rings (SSSR count). The molecular formula is C18H20N2O2. The lowest BCUT2D eigenvalue weighted by Gasteiger charge is -2.16. The summed E-state index contributed by atoms with van der Waals surface area (Å²) >= 11 is 0. The minimum Gasteiger partial charge on any atom is -0.478 e. The van der Waals surface area contributed by atoms with Gasteiger partial charge in [0, 0.05) is 25.5 Å². The molecule has 2 heterocycles. The normalized spacial score (nSPS) is 18.5. The third-order valence-electron chi connectivity index (χ3n) is 4.25. The Morgan fingerprint density at radius 2 is 1.86 bits per heavy atom. The smallest absolute Gasteiger partial charge is 0.335 e. The highest BCUT2D eigenvalue weighted by Gasteiger charge is 2.22. The Kier molecular flexibility index (Phi) is 4.49. The number of pyridine rings is 1. The van der Waals surface area contributed by atoms with Crippen molar-refractivity contribution >= 4 is 5.97 Å². The highest BCUT2D eigenvalue weighted by Crippen LogP contribution is 2.22. The van der Waals surface area contributed by atoms with Gasteiger partial charge >= 0.3 is 5.97 Å². The largest absolute Gasteiger partial charge is 0.478 e. The van der Waals surface area contributed by atoms with Crippen LogP contribution in [0.2, 0.25) is 0 Å². The molecule has 0 bridgehead atoms. The van der Waals surface area contributed by atoms with Crippen LogP contribution in [0.1, 0.15) is 27.9 Å². The van der Waals surface area contributed by atoms with Gasteiger partial charge in [-0.15, -0.1) is 0 Å². The summed E-state index contributed by atoms with van der Waals surface area (Å²) < 4.78 is 0. The maximum Gasteiger partial charge on any atom is 0.335 e. The number of aromatic nitrogens is 1. The average Bonchev–Trinajstić information content (AvgIpc) is 2.96. The summed E-state index contributed by atoms with van der Waals surface area (Å²) in [5.74, 6) is -0.214. The van der Waals surface area contributed by atoms with Gasteiger partial charge in [0.05, 0.1) is 5.56 Å². The van der Waals surface area contributed by atoms with E-state index in [0.29, 0.717) is 11.5 Å². The van der Waals surface area contributed by atoms with Crippen LogP contribution in [-0.4, -0.2) is 34.0 Å². The summed E-state index contributed by atoms with van der Waals surface area (Å²) in [5, 5.41) is 8.92. The van der Waals surface area contributed by atoms with Crippen LogP contribution >= 0.6 is 0 Å². The molecule has 1 atom stereocenters. The van der Waals surface area contributed by atoms with Crippen LogP contribution in [0.25, 0.3) is 0 Å². The van der Waals surface area contributed by atoms with Crippen LogP contribution in [0, 0.1) is 5.92 Å². The van der Waals surface area contributed by atoms with E-state index in [1.165, 1.54) is 17.5 Å². The van der Waals surface area contributed by atoms with E-state index in [-0.39, 0.29) is 0 Å². The standard InChI is InChI=1S/C18H20N2O2/c21-18(22)17-3-1-14(2-4-17)11-16-7-10-20(13-16)12-15-5-8-19-9-6-15/h1-6,8-9,16H,7,10-13H2,(H,21,22)/t16-/m0/s1. The monoisotopic (exact) mass is 296 g/mol. The van der Waals surface area contributed by atoms with E-state index in [2.05, 4.69) is 22.0 Å². The van der Waals surface area contributed by atoms with Gasteiger partial charge in [-0.25, -0.2) is 4.79 Å². The van der Waals surface area contributed by atoms with Crippen molar-refractivity contribution in [3.8, 4) is 0 Å². The van der Waals surface area contributed by atoms with Gasteiger partial charge in [0.2, 0.25) is 0 Å². The van der Waals surface area contributed by atoms with E-state index in [1.54, 1.807) is 12.1 Å². The number of benzene rings is 1. The zero-order valence-electron chi connectivity index (χ0n) is 12.5. The van der Waals surface area contributed by atoms with Gasteiger partial charge in [-0.2, -0.15) is 0 Å². The maximum absolute atomic E-state index is 10.9. The number of carboxylic acid groups (broad SMARTS) is 1. The molecule has 114 valence electrons. The lowest BCUT2D eigenvalue weighted by molar-refractivity contribution is 0.0697. The summed E-state index contributed by atoms with van der Waals surface area (Å²) in [5.41, 5.74) is 2.89. The highest BCUT2D eigenvalue weighted by atomic mass is 16.4. The molecule has 0 unspecified atom stereocenters. The van der Waals surface area contributed by atoms with E-state index in [0.717, 1.165) is 26.1 Å². The second kappa shape index (κ2) is 6.71. The Morgan fingerprint density at radius 1 is 1.14 bits per heavy atom. The van der Waals surface area contributed by atoms with Crippen LogP contribution in [0.4, 0.5) is 0 Å². The van der Waals surface area contributed by atoms with Crippen LogP contribution in [-0.2, 0) is 13.0 Å². The number of hydrogen-bond acceptors (Lipinski definition) is 3. The highest BCUT2D eigenvalue weighted by molar-refractivity contribution is 5.87. The van der Waals surface area contributed by atoms with Crippen LogP contribution in [0.5, 0.6) is 0 Å². The Labute approximate surface area is 130 Å². The van der Waals surface area contributed by atoms with Crippen molar-refractivity contribution < 1.29 is 9.90 Å². The van der Waals surface area contributed by atoms with Crippen LogP contribution in [0.3, 0.4) is 0 Å². The van der Waals surface area contributed by atoms with Crippen molar-refractivity contribution in [2.45, 2.75) is 19.4 Å². The van der Waals surface area contributed by atoms with Crippen molar-refractivity contribution in [1.29, 1.82) is 0 Å². The molecule has 0 radical (unpaired) electrons. The molecule has 1 saturated heterocycles. The van der Waals surface area contributed by atoms with Gasteiger partial charge in [-0.05, 0) is 60.7 Å². The zero-order chi connectivity index (χ0) is 15.4. The van der Waals surface area contributed by atoms with Gasteiger partial charge < -0.3 is 5.11 Å². The first kappa shape index (κ1) is 14.7. The van der Waals surface area contributed by atoms with Gasteiger partial charge in [0.1, 0.15) is 0 Å². The first-order chi connectivity index (χ1) is 10.7. The van der Waals surface area contributed by atoms with E-state index in [4.69, 9.17) is 5.11 Å². The van der Waals surface area contributed by atoms with Crippen molar-refractivity contribution in [1.82, 2.24) is 9.88 Å².